The Bertz CT molecular complexity index is 509. The minimum Gasteiger partial charge on any atom is -0.456 e. The zero-order valence-electron chi connectivity index (χ0n) is 12.2. The van der Waals surface area contributed by atoms with Gasteiger partial charge in [0.15, 0.2) is 6.61 Å². The van der Waals surface area contributed by atoms with Crippen LogP contribution in [-0.2, 0) is 14.3 Å². The summed E-state index contributed by atoms with van der Waals surface area (Å²) in [6.45, 7) is 3.69. The summed E-state index contributed by atoms with van der Waals surface area (Å²) in [6, 6.07) is 6.12. The number of anilines is 1. The third-order valence-corrected chi connectivity index (χ3v) is 2.74. The number of carbonyl (C=O) groups is 3. The zero-order valence-corrected chi connectivity index (χ0v) is 12.2. The lowest BCUT2D eigenvalue weighted by Gasteiger charge is -2.07. The summed E-state index contributed by atoms with van der Waals surface area (Å²) in [5.41, 5.74) is 5.97. The number of esters is 1. The van der Waals surface area contributed by atoms with Crippen LogP contribution in [-0.4, -0.2) is 24.4 Å². The second-order valence-corrected chi connectivity index (χ2v) is 5.08. The number of carbonyl (C=O) groups excluding carboxylic acids is 3. The molecule has 6 nitrogen and oxygen atoms in total. The molecule has 0 fully saturated rings. The van der Waals surface area contributed by atoms with Gasteiger partial charge in [-0.25, -0.2) is 0 Å². The Hall–Kier alpha value is -2.37. The maximum atomic E-state index is 11.6. The van der Waals surface area contributed by atoms with Crippen molar-refractivity contribution in [3.8, 4) is 0 Å². The van der Waals surface area contributed by atoms with E-state index in [-0.39, 0.29) is 12.6 Å². The second-order valence-electron chi connectivity index (χ2n) is 5.08. The summed E-state index contributed by atoms with van der Waals surface area (Å²) < 4.78 is 4.86. The molecule has 0 saturated heterocycles. The molecule has 0 heterocycles. The van der Waals surface area contributed by atoms with Crippen molar-refractivity contribution in [2.75, 3.05) is 11.9 Å². The number of hydrogen-bond donors (Lipinski definition) is 2. The molecule has 6 heteroatoms. The smallest absolute Gasteiger partial charge is 0.306 e. The maximum absolute atomic E-state index is 11.6. The number of amides is 2. The molecule has 1 aromatic rings. The number of ether oxygens (including phenoxy) is 1. The summed E-state index contributed by atoms with van der Waals surface area (Å²) in [4.78, 5) is 33.9. The van der Waals surface area contributed by atoms with E-state index < -0.39 is 11.8 Å². The lowest BCUT2D eigenvalue weighted by molar-refractivity contribution is -0.147. The Balaban J connectivity index is 2.36. The molecule has 2 amide bonds. The molecular weight excluding hydrogens is 272 g/mol. The van der Waals surface area contributed by atoms with E-state index in [1.165, 1.54) is 12.1 Å². The molecule has 0 aliphatic carbocycles. The van der Waals surface area contributed by atoms with Crippen LogP contribution in [0.2, 0.25) is 0 Å². The van der Waals surface area contributed by atoms with Crippen LogP contribution in [0, 0.1) is 5.92 Å². The maximum Gasteiger partial charge on any atom is 0.306 e. The Labute approximate surface area is 123 Å². The van der Waals surface area contributed by atoms with Crippen LogP contribution in [0.1, 0.15) is 37.0 Å². The van der Waals surface area contributed by atoms with Crippen molar-refractivity contribution in [2.24, 2.45) is 11.7 Å². The molecule has 0 atom stereocenters. The molecule has 3 N–H and O–H groups in total. The first-order chi connectivity index (χ1) is 9.88. The predicted octanol–water partition coefficient (Wildman–Crippen LogP) is 1.70. The van der Waals surface area contributed by atoms with Gasteiger partial charge in [0, 0.05) is 17.7 Å². The molecule has 0 unspecified atom stereocenters. The van der Waals surface area contributed by atoms with Crippen LogP contribution in [0.25, 0.3) is 0 Å². The molecular formula is C15H20N2O4. The van der Waals surface area contributed by atoms with Gasteiger partial charge in [-0.1, -0.05) is 13.8 Å². The van der Waals surface area contributed by atoms with Gasteiger partial charge < -0.3 is 15.8 Å². The standard InChI is InChI=1S/C15H20N2O4/c1-10(2)3-8-14(19)21-9-13(18)17-12-6-4-11(5-7-12)15(16)20/h4-7,10H,3,8-9H2,1-2H3,(H2,16,20)(H,17,18). The van der Waals surface area contributed by atoms with Crippen molar-refractivity contribution in [3.63, 3.8) is 0 Å². The average molecular weight is 292 g/mol. The molecule has 114 valence electrons. The van der Waals surface area contributed by atoms with Crippen molar-refractivity contribution in [2.45, 2.75) is 26.7 Å². The highest BCUT2D eigenvalue weighted by molar-refractivity contribution is 5.95. The van der Waals surface area contributed by atoms with Crippen LogP contribution in [0.3, 0.4) is 0 Å². The normalized spacial score (nSPS) is 10.2. The lowest BCUT2D eigenvalue weighted by atomic mass is 10.1. The minimum atomic E-state index is -0.535. The van der Waals surface area contributed by atoms with Gasteiger partial charge in [0.1, 0.15) is 0 Å². The molecule has 0 aliphatic rings. The fourth-order valence-corrected chi connectivity index (χ4v) is 1.54. The monoisotopic (exact) mass is 292 g/mol. The van der Waals surface area contributed by atoms with Gasteiger partial charge in [-0.05, 0) is 36.6 Å². The van der Waals surface area contributed by atoms with E-state index in [4.69, 9.17) is 10.5 Å². The largest absolute Gasteiger partial charge is 0.456 e. The van der Waals surface area contributed by atoms with Crippen LogP contribution in [0.4, 0.5) is 5.69 Å². The summed E-state index contributed by atoms with van der Waals surface area (Å²) in [5, 5.41) is 2.56. The minimum absolute atomic E-state index is 0.304. The molecule has 0 aromatic heterocycles. The summed E-state index contributed by atoms with van der Waals surface area (Å²) in [7, 11) is 0. The molecule has 0 radical (unpaired) electrons. The van der Waals surface area contributed by atoms with Crippen LogP contribution < -0.4 is 11.1 Å². The van der Waals surface area contributed by atoms with Crippen molar-refractivity contribution in [3.05, 3.63) is 29.8 Å². The fraction of sp³-hybridized carbons (Fsp3) is 0.400. The number of primary amides is 1. The van der Waals surface area contributed by atoms with Crippen molar-refractivity contribution in [1.29, 1.82) is 0 Å². The molecule has 1 aromatic carbocycles. The van der Waals surface area contributed by atoms with Gasteiger partial charge in [0.2, 0.25) is 5.91 Å². The van der Waals surface area contributed by atoms with Gasteiger partial charge >= 0.3 is 5.97 Å². The van der Waals surface area contributed by atoms with E-state index in [2.05, 4.69) is 5.32 Å². The molecule has 0 saturated carbocycles. The van der Waals surface area contributed by atoms with Gasteiger partial charge in [-0.3, -0.25) is 14.4 Å². The van der Waals surface area contributed by atoms with Gasteiger partial charge in [0.25, 0.3) is 5.91 Å². The number of nitrogens with one attached hydrogen (secondary N) is 1. The molecule has 0 aliphatic heterocycles. The highest BCUT2D eigenvalue weighted by Crippen LogP contribution is 2.09. The second kappa shape index (κ2) is 8.04. The molecule has 0 spiro atoms. The first-order valence-corrected chi connectivity index (χ1v) is 6.74. The first kappa shape index (κ1) is 16.7. The quantitative estimate of drug-likeness (QED) is 0.747. The average Bonchev–Trinajstić information content (AvgIpc) is 2.43. The predicted molar refractivity (Wildman–Crippen MR) is 78.6 cm³/mol. The number of nitrogens with two attached hydrogens (primary N) is 1. The van der Waals surface area contributed by atoms with Gasteiger partial charge in [0.05, 0.1) is 0 Å². The molecule has 0 bridgehead atoms. The first-order valence-electron chi connectivity index (χ1n) is 6.74. The van der Waals surface area contributed by atoms with Crippen LogP contribution >= 0.6 is 0 Å². The Morgan fingerprint density at radius 1 is 1.19 bits per heavy atom. The topological polar surface area (TPSA) is 98.5 Å². The molecule has 1 rings (SSSR count). The fourth-order valence-electron chi connectivity index (χ4n) is 1.54. The summed E-state index contributed by atoms with van der Waals surface area (Å²) >= 11 is 0. The lowest BCUT2D eigenvalue weighted by Crippen LogP contribution is -2.21. The van der Waals surface area contributed by atoms with E-state index in [1.807, 2.05) is 13.8 Å². The van der Waals surface area contributed by atoms with Gasteiger partial charge in [-0.15, -0.1) is 0 Å². The van der Waals surface area contributed by atoms with E-state index in [0.29, 0.717) is 23.6 Å². The van der Waals surface area contributed by atoms with Crippen molar-refractivity contribution in [1.82, 2.24) is 0 Å². The Morgan fingerprint density at radius 3 is 2.33 bits per heavy atom. The van der Waals surface area contributed by atoms with Crippen LogP contribution in [0.15, 0.2) is 24.3 Å². The van der Waals surface area contributed by atoms with Crippen molar-refractivity contribution < 1.29 is 19.1 Å². The number of benzene rings is 1. The Morgan fingerprint density at radius 2 is 1.81 bits per heavy atom. The third kappa shape index (κ3) is 6.56. The summed E-state index contributed by atoms with van der Waals surface area (Å²) in [5.74, 6) is -0.940. The van der Waals surface area contributed by atoms with Crippen LogP contribution in [0.5, 0.6) is 0 Å². The number of hydrogen-bond acceptors (Lipinski definition) is 4. The Kier molecular flexibility index (Phi) is 6.39. The van der Waals surface area contributed by atoms with E-state index in [0.717, 1.165) is 6.42 Å². The molecule has 21 heavy (non-hydrogen) atoms. The van der Waals surface area contributed by atoms with E-state index in [9.17, 15) is 14.4 Å². The zero-order chi connectivity index (χ0) is 15.8. The van der Waals surface area contributed by atoms with E-state index >= 15 is 0 Å². The summed E-state index contributed by atoms with van der Waals surface area (Å²) in [6.07, 6.45) is 1.04. The van der Waals surface area contributed by atoms with Crippen molar-refractivity contribution >= 4 is 23.5 Å². The number of rotatable bonds is 7. The van der Waals surface area contributed by atoms with E-state index in [1.54, 1.807) is 12.1 Å². The highest BCUT2D eigenvalue weighted by Gasteiger charge is 2.09. The highest BCUT2D eigenvalue weighted by atomic mass is 16.5. The SMILES string of the molecule is CC(C)CCC(=O)OCC(=O)Nc1ccc(C(N)=O)cc1. The van der Waals surface area contributed by atoms with Gasteiger partial charge in [-0.2, -0.15) is 0 Å². The third-order valence-electron chi connectivity index (χ3n) is 2.74.